The Morgan fingerprint density at radius 2 is 1.69 bits per heavy atom. The molecule has 2 aliphatic rings. The van der Waals surface area contributed by atoms with Gasteiger partial charge in [0.1, 0.15) is 17.2 Å². The van der Waals surface area contributed by atoms with Crippen LogP contribution in [-0.4, -0.2) is 87.2 Å². The number of anilines is 2. The Balaban J connectivity index is 0.991. The van der Waals surface area contributed by atoms with Gasteiger partial charge >= 0.3 is 0 Å². The predicted molar refractivity (Wildman–Crippen MR) is 230 cm³/mol. The number of hydrogen-bond acceptors (Lipinski definition) is 11. The van der Waals surface area contributed by atoms with Crippen LogP contribution in [0.4, 0.5) is 17.1 Å². The van der Waals surface area contributed by atoms with Crippen LogP contribution in [0.25, 0.3) is 0 Å². The summed E-state index contributed by atoms with van der Waals surface area (Å²) in [5.41, 5.74) is 3.19. The zero-order valence-electron chi connectivity index (χ0n) is 32.6. The molecule has 1 saturated heterocycles. The van der Waals surface area contributed by atoms with Gasteiger partial charge in [0.25, 0.3) is 21.6 Å². The van der Waals surface area contributed by atoms with Gasteiger partial charge in [-0.25, -0.2) is 13.1 Å². The molecule has 5 aromatic rings. The van der Waals surface area contributed by atoms with Crippen molar-refractivity contribution in [3.05, 3.63) is 148 Å². The van der Waals surface area contributed by atoms with E-state index in [1.807, 2.05) is 104 Å². The Kier molecular flexibility index (Phi) is 13.0. The van der Waals surface area contributed by atoms with Crippen LogP contribution >= 0.6 is 11.8 Å². The average Bonchev–Trinajstić information content (AvgIpc) is 3.22. The van der Waals surface area contributed by atoms with Crippen molar-refractivity contribution in [3.63, 3.8) is 0 Å². The van der Waals surface area contributed by atoms with Crippen molar-refractivity contribution in [2.24, 2.45) is 0 Å². The van der Waals surface area contributed by atoms with E-state index in [4.69, 9.17) is 4.74 Å². The number of piperazine rings is 1. The van der Waals surface area contributed by atoms with Crippen LogP contribution in [0.1, 0.15) is 34.3 Å². The molecule has 0 bridgehead atoms. The highest BCUT2D eigenvalue weighted by Gasteiger charge is 2.33. The van der Waals surface area contributed by atoms with Gasteiger partial charge in [-0.05, 0) is 106 Å². The standard InChI is InChI=1S/C44H48N6O6S2/c1-47(2)24-23-35(31-57-38-14-7-4-8-15-38)45-40-21-20-39(28-42(40)50(52)53)58(54,55)46-44(51)33-18-22-41-32(27-33)17-19-36-30-48(25-26-49(36)41)29-34-11-9-10-16-43(34)56-37-12-5-3-6-13-37/h3-16,18,20-22,27-28,35-36,45H,17,19,23-26,29-31H2,1-2H3,(H,46,51)/t35-,36-/m1/s1. The summed E-state index contributed by atoms with van der Waals surface area (Å²) in [5.74, 6) is 1.49. The number of sulfonamides is 1. The van der Waals surface area contributed by atoms with Crippen LogP contribution in [-0.2, 0) is 23.0 Å². The van der Waals surface area contributed by atoms with E-state index >= 15 is 0 Å². The van der Waals surface area contributed by atoms with Gasteiger partial charge in [-0.1, -0.05) is 54.6 Å². The minimum absolute atomic E-state index is 0.139. The quantitative estimate of drug-likeness (QED) is 0.0577. The summed E-state index contributed by atoms with van der Waals surface area (Å²) in [6.07, 6.45) is 2.34. The number of nitrogens with zero attached hydrogens (tertiary/aromatic N) is 4. The molecule has 1 amide bonds. The minimum Gasteiger partial charge on any atom is -0.457 e. The maximum absolute atomic E-state index is 13.5. The highest BCUT2D eigenvalue weighted by Crippen LogP contribution is 2.35. The molecule has 0 radical (unpaired) electrons. The molecule has 0 aromatic heterocycles. The molecule has 302 valence electrons. The number of carbonyl (C=O) groups is 1. The zero-order valence-corrected chi connectivity index (χ0v) is 34.3. The number of nitro groups is 1. The van der Waals surface area contributed by atoms with Crippen molar-refractivity contribution < 1.29 is 22.9 Å². The number of benzene rings is 5. The number of hydrogen-bond donors (Lipinski definition) is 2. The number of nitrogens with one attached hydrogen (secondary N) is 2. The molecular weight excluding hydrogens is 773 g/mol. The molecule has 1 fully saturated rings. The first-order chi connectivity index (χ1) is 28.0. The molecule has 0 saturated carbocycles. The zero-order chi connectivity index (χ0) is 40.6. The monoisotopic (exact) mass is 820 g/mol. The van der Waals surface area contributed by atoms with Crippen LogP contribution in [0.2, 0.25) is 0 Å². The molecule has 58 heavy (non-hydrogen) atoms. The maximum Gasteiger partial charge on any atom is 0.293 e. The Morgan fingerprint density at radius 1 is 0.948 bits per heavy atom. The summed E-state index contributed by atoms with van der Waals surface area (Å²) in [5, 5.41) is 15.5. The molecule has 2 atom stereocenters. The third-order valence-corrected chi connectivity index (χ3v) is 13.0. The van der Waals surface area contributed by atoms with Gasteiger partial charge in [0, 0.05) is 71.8 Å². The largest absolute Gasteiger partial charge is 0.457 e. The number of nitro benzene ring substituents is 1. The van der Waals surface area contributed by atoms with E-state index in [-0.39, 0.29) is 27.9 Å². The second kappa shape index (κ2) is 18.5. The van der Waals surface area contributed by atoms with Crippen LogP contribution in [0, 0.1) is 10.1 Å². The molecule has 2 heterocycles. The predicted octanol–water partition coefficient (Wildman–Crippen LogP) is 7.67. The van der Waals surface area contributed by atoms with Crippen LogP contribution < -0.4 is 19.7 Å². The van der Waals surface area contributed by atoms with Crippen molar-refractivity contribution in [1.82, 2.24) is 14.5 Å². The summed E-state index contributed by atoms with van der Waals surface area (Å²) in [7, 11) is -0.510. The fourth-order valence-electron chi connectivity index (χ4n) is 7.48. The number of para-hydroxylation sites is 2. The average molecular weight is 821 g/mol. The van der Waals surface area contributed by atoms with E-state index in [0.717, 1.165) is 84.8 Å². The lowest BCUT2D eigenvalue weighted by atomic mass is 9.92. The van der Waals surface area contributed by atoms with Crippen LogP contribution in [0.15, 0.2) is 131 Å². The second-order valence-electron chi connectivity index (χ2n) is 14.9. The molecule has 2 N–H and O–H groups in total. The Hall–Kier alpha value is -5.41. The van der Waals surface area contributed by atoms with E-state index in [0.29, 0.717) is 18.2 Å². The molecule has 14 heteroatoms. The van der Waals surface area contributed by atoms with Gasteiger partial charge in [-0.3, -0.25) is 19.8 Å². The smallest absolute Gasteiger partial charge is 0.293 e. The van der Waals surface area contributed by atoms with Crippen molar-refractivity contribution in [3.8, 4) is 11.5 Å². The highest BCUT2D eigenvalue weighted by atomic mass is 32.2. The molecule has 0 spiro atoms. The van der Waals surface area contributed by atoms with Crippen molar-refractivity contribution >= 4 is 44.8 Å². The molecule has 7 rings (SSSR count). The summed E-state index contributed by atoms with van der Waals surface area (Å²) >= 11 is 1.64. The number of rotatable bonds is 16. The summed E-state index contributed by atoms with van der Waals surface area (Å²) in [6, 6.07) is 37.0. The maximum atomic E-state index is 13.5. The molecule has 2 aliphatic heterocycles. The Bertz CT molecular complexity index is 2330. The van der Waals surface area contributed by atoms with E-state index in [2.05, 4.69) is 25.9 Å². The lowest BCUT2D eigenvalue weighted by Gasteiger charge is -2.46. The fraction of sp³-hybridized carbons (Fsp3) is 0.295. The first kappa shape index (κ1) is 40.8. The van der Waals surface area contributed by atoms with Gasteiger partial charge in [-0.15, -0.1) is 11.8 Å². The fourth-order valence-corrected chi connectivity index (χ4v) is 9.47. The summed E-state index contributed by atoms with van der Waals surface area (Å²) < 4.78 is 35.4. The van der Waals surface area contributed by atoms with E-state index < -0.39 is 20.9 Å². The molecule has 0 unspecified atom stereocenters. The molecule has 5 aromatic carbocycles. The summed E-state index contributed by atoms with van der Waals surface area (Å²) in [6.45, 7) is 4.05. The topological polar surface area (TPSA) is 137 Å². The first-order valence-electron chi connectivity index (χ1n) is 19.4. The van der Waals surface area contributed by atoms with E-state index in [1.165, 1.54) is 12.1 Å². The number of fused-ring (bicyclic) bond motifs is 3. The van der Waals surface area contributed by atoms with Gasteiger partial charge < -0.3 is 19.9 Å². The Labute approximate surface area is 344 Å². The molecule has 12 nitrogen and oxygen atoms in total. The molecular formula is C44H48N6O6S2. The number of amides is 1. The van der Waals surface area contributed by atoms with Gasteiger partial charge in [-0.2, -0.15) is 0 Å². The number of carbonyl (C=O) groups excluding carboxylic acids is 1. The van der Waals surface area contributed by atoms with Gasteiger partial charge in [0.15, 0.2) is 0 Å². The SMILES string of the molecule is CN(C)CC[C@H](CSc1ccccc1)Nc1ccc(S(=O)(=O)NC(=O)c2ccc3c(c2)CC[C@@H]2CN(Cc4ccccc4Oc4ccccc4)CCN32)cc1[N+](=O)[O-]. The normalized spacial score (nSPS) is 15.9. The first-order valence-corrected chi connectivity index (χ1v) is 21.9. The Morgan fingerprint density at radius 3 is 2.45 bits per heavy atom. The van der Waals surface area contributed by atoms with Gasteiger partial charge in [0.05, 0.1) is 9.82 Å². The van der Waals surface area contributed by atoms with Crippen molar-refractivity contribution in [2.45, 2.75) is 47.7 Å². The lowest BCUT2D eigenvalue weighted by molar-refractivity contribution is -0.384. The second-order valence-corrected chi connectivity index (χ2v) is 17.7. The number of thioether (sulfide) groups is 1. The van der Waals surface area contributed by atoms with Crippen molar-refractivity contribution in [2.75, 3.05) is 56.2 Å². The van der Waals surface area contributed by atoms with Crippen molar-refractivity contribution in [1.29, 1.82) is 0 Å². The van der Waals surface area contributed by atoms with Crippen LogP contribution in [0.3, 0.4) is 0 Å². The lowest BCUT2D eigenvalue weighted by Crippen LogP contribution is -2.54. The number of ether oxygens (including phenoxy) is 1. The van der Waals surface area contributed by atoms with E-state index in [9.17, 15) is 23.3 Å². The number of aryl methyl sites for hydroxylation is 1. The summed E-state index contributed by atoms with van der Waals surface area (Å²) in [4.78, 5) is 32.7. The van der Waals surface area contributed by atoms with Crippen LogP contribution in [0.5, 0.6) is 11.5 Å². The third kappa shape index (κ3) is 10.2. The molecule has 0 aliphatic carbocycles. The van der Waals surface area contributed by atoms with E-state index in [1.54, 1.807) is 23.9 Å². The minimum atomic E-state index is -4.44. The van der Waals surface area contributed by atoms with Gasteiger partial charge in [0.2, 0.25) is 0 Å². The highest BCUT2D eigenvalue weighted by molar-refractivity contribution is 7.99. The third-order valence-electron chi connectivity index (χ3n) is 10.5.